The maximum absolute atomic E-state index is 5.98. The summed E-state index contributed by atoms with van der Waals surface area (Å²) in [5, 5.41) is 1.27. The van der Waals surface area contributed by atoms with Gasteiger partial charge in [0.05, 0.1) is 11.9 Å². The number of oxazole rings is 1. The lowest BCUT2D eigenvalue weighted by molar-refractivity contribution is 0.530. The van der Waals surface area contributed by atoms with Crippen molar-refractivity contribution in [3.05, 3.63) is 53.1 Å². The molecule has 112 valence electrons. The summed E-state index contributed by atoms with van der Waals surface area (Å²) >= 11 is 7.41. The van der Waals surface area contributed by atoms with E-state index in [1.165, 1.54) is 11.8 Å². The van der Waals surface area contributed by atoms with Crippen molar-refractivity contribution in [2.24, 2.45) is 0 Å². The lowest BCUT2D eigenvalue weighted by Crippen LogP contribution is -1.96. The van der Waals surface area contributed by atoms with Crippen LogP contribution in [0, 0.1) is 6.92 Å². The molecule has 0 saturated heterocycles. The van der Waals surface area contributed by atoms with Crippen LogP contribution in [0.3, 0.4) is 0 Å². The Morgan fingerprint density at radius 1 is 1.27 bits per heavy atom. The van der Waals surface area contributed by atoms with Gasteiger partial charge < -0.3 is 10.2 Å². The second kappa shape index (κ2) is 6.37. The predicted octanol–water partition coefficient (Wildman–Crippen LogP) is 3.97. The van der Waals surface area contributed by atoms with Crippen LogP contribution >= 0.6 is 23.4 Å². The average Bonchev–Trinajstić information content (AvgIpc) is 2.93. The molecule has 7 heteroatoms. The van der Waals surface area contributed by atoms with Crippen molar-refractivity contribution < 1.29 is 4.42 Å². The van der Waals surface area contributed by atoms with E-state index in [4.69, 9.17) is 21.8 Å². The summed E-state index contributed by atoms with van der Waals surface area (Å²) in [5.41, 5.74) is 7.44. The molecular formula is C15H13ClN4OS. The van der Waals surface area contributed by atoms with Gasteiger partial charge in [0, 0.05) is 22.3 Å². The van der Waals surface area contributed by atoms with Crippen LogP contribution in [0.2, 0.25) is 5.02 Å². The van der Waals surface area contributed by atoms with Crippen LogP contribution in [0.25, 0.3) is 11.3 Å². The number of benzene rings is 1. The number of nitrogens with two attached hydrogens (primary N) is 1. The number of aryl methyl sites for hydroxylation is 1. The van der Waals surface area contributed by atoms with Crippen molar-refractivity contribution in [2.45, 2.75) is 17.8 Å². The fraction of sp³-hybridized carbons (Fsp3) is 0.133. The second-order valence-electron chi connectivity index (χ2n) is 4.63. The lowest BCUT2D eigenvalue weighted by Gasteiger charge is -2.01. The summed E-state index contributed by atoms with van der Waals surface area (Å²) in [5.74, 6) is 2.28. The zero-order chi connectivity index (χ0) is 15.5. The van der Waals surface area contributed by atoms with Crippen molar-refractivity contribution in [3.8, 4) is 11.3 Å². The molecule has 2 aromatic heterocycles. The molecule has 0 spiro atoms. The smallest absolute Gasteiger partial charge is 0.205 e. The summed E-state index contributed by atoms with van der Waals surface area (Å²) in [4.78, 5) is 12.7. The second-order valence-corrected chi connectivity index (χ2v) is 6.01. The average molecular weight is 333 g/mol. The van der Waals surface area contributed by atoms with Gasteiger partial charge in [0.1, 0.15) is 5.82 Å². The Morgan fingerprint density at radius 2 is 2.14 bits per heavy atom. The van der Waals surface area contributed by atoms with Gasteiger partial charge in [-0.05, 0) is 19.1 Å². The Kier molecular flexibility index (Phi) is 4.31. The number of halogens is 1. The summed E-state index contributed by atoms with van der Waals surface area (Å²) < 4.78 is 5.73. The first-order chi connectivity index (χ1) is 10.6. The normalized spacial score (nSPS) is 10.8. The largest absolute Gasteiger partial charge is 0.440 e. The van der Waals surface area contributed by atoms with E-state index in [-0.39, 0.29) is 0 Å². The molecular weight excluding hydrogens is 320 g/mol. The van der Waals surface area contributed by atoms with Crippen molar-refractivity contribution in [1.82, 2.24) is 15.0 Å². The van der Waals surface area contributed by atoms with Crippen LogP contribution in [0.4, 0.5) is 5.82 Å². The van der Waals surface area contributed by atoms with Gasteiger partial charge in [-0.3, -0.25) is 0 Å². The van der Waals surface area contributed by atoms with Gasteiger partial charge in [-0.25, -0.2) is 15.0 Å². The number of rotatable bonds is 4. The molecule has 0 unspecified atom stereocenters. The summed E-state index contributed by atoms with van der Waals surface area (Å²) in [6.45, 7) is 1.88. The minimum atomic E-state index is 0.460. The van der Waals surface area contributed by atoms with Crippen LogP contribution in [0.15, 0.2) is 46.1 Å². The van der Waals surface area contributed by atoms with Gasteiger partial charge in [0.25, 0.3) is 0 Å². The van der Waals surface area contributed by atoms with Gasteiger partial charge >= 0.3 is 0 Å². The number of nitrogen functional groups attached to an aromatic ring is 1. The molecule has 0 amide bonds. The lowest BCUT2D eigenvalue weighted by atomic mass is 10.2. The van der Waals surface area contributed by atoms with Crippen LogP contribution < -0.4 is 5.73 Å². The van der Waals surface area contributed by atoms with Crippen LogP contribution in [-0.4, -0.2) is 15.0 Å². The Balaban J connectivity index is 1.72. The molecule has 0 aliphatic carbocycles. The number of nitrogens with zero attached hydrogens (tertiary/aromatic N) is 3. The molecule has 22 heavy (non-hydrogen) atoms. The molecule has 3 aromatic rings. The highest BCUT2D eigenvalue weighted by Crippen LogP contribution is 2.26. The highest BCUT2D eigenvalue weighted by Gasteiger charge is 2.09. The predicted molar refractivity (Wildman–Crippen MR) is 87.7 cm³/mol. The number of anilines is 1. The standard InChI is InChI=1S/C15H13ClN4OS/c1-9-5-13(17)20-15(19-9)22-8-14-18-7-12(21-14)10-3-2-4-11(16)6-10/h2-7H,8H2,1H3,(H2,17,19,20). The molecule has 2 N–H and O–H groups in total. The molecule has 5 nitrogen and oxygen atoms in total. The summed E-state index contributed by atoms with van der Waals surface area (Å²) in [6, 6.07) is 9.18. The van der Waals surface area contributed by atoms with Gasteiger partial charge in [0.2, 0.25) is 5.89 Å². The molecule has 0 saturated carbocycles. The minimum absolute atomic E-state index is 0.460. The van der Waals surface area contributed by atoms with Gasteiger partial charge in [-0.15, -0.1) is 0 Å². The number of thioether (sulfide) groups is 1. The van der Waals surface area contributed by atoms with E-state index in [1.807, 2.05) is 31.2 Å². The third-order valence-corrected chi connectivity index (χ3v) is 3.91. The van der Waals surface area contributed by atoms with E-state index < -0.39 is 0 Å². The highest BCUT2D eigenvalue weighted by atomic mass is 35.5. The first-order valence-corrected chi connectivity index (χ1v) is 7.91. The maximum Gasteiger partial charge on any atom is 0.205 e. The molecule has 0 atom stereocenters. The molecule has 0 aliphatic heterocycles. The van der Waals surface area contributed by atoms with Gasteiger partial charge in [0.15, 0.2) is 10.9 Å². The highest BCUT2D eigenvalue weighted by molar-refractivity contribution is 7.98. The minimum Gasteiger partial charge on any atom is -0.440 e. The molecule has 3 rings (SSSR count). The number of hydrogen-bond donors (Lipinski definition) is 1. The van der Waals surface area contributed by atoms with Crippen LogP contribution in [0.5, 0.6) is 0 Å². The third-order valence-electron chi connectivity index (χ3n) is 2.84. The van der Waals surface area contributed by atoms with Crippen molar-refractivity contribution in [1.29, 1.82) is 0 Å². The molecule has 0 radical (unpaired) electrons. The van der Waals surface area contributed by atoms with E-state index in [1.54, 1.807) is 12.3 Å². The van der Waals surface area contributed by atoms with Crippen molar-refractivity contribution >= 4 is 29.2 Å². The molecule has 0 bridgehead atoms. The zero-order valence-electron chi connectivity index (χ0n) is 11.8. The summed E-state index contributed by atoms with van der Waals surface area (Å²) in [6.07, 6.45) is 1.69. The quantitative estimate of drug-likeness (QED) is 0.575. The molecule has 1 aromatic carbocycles. The monoisotopic (exact) mass is 332 g/mol. The van der Waals surface area contributed by atoms with Crippen LogP contribution in [-0.2, 0) is 5.75 Å². The molecule has 0 aliphatic rings. The third kappa shape index (κ3) is 3.58. The molecule has 0 fully saturated rings. The van der Waals surface area contributed by atoms with E-state index >= 15 is 0 Å². The fourth-order valence-electron chi connectivity index (χ4n) is 1.91. The van der Waals surface area contributed by atoms with E-state index in [0.717, 1.165) is 11.3 Å². The Labute approximate surface area is 136 Å². The van der Waals surface area contributed by atoms with E-state index in [0.29, 0.717) is 33.4 Å². The van der Waals surface area contributed by atoms with E-state index in [9.17, 15) is 0 Å². The Morgan fingerprint density at radius 3 is 2.91 bits per heavy atom. The SMILES string of the molecule is Cc1cc(N)nc(SCc2ncc(-c3cccc(Cl)c3)o2)n1. The number of aromatic nitrogens is 3. The summed E-state index contributed by atoms with van der Waals surface area (Å²) in [7, 11) is 0. The maximum atomic E-state index is 5.98. The van der Waals surface area contributed by atoms with E-state index in [2.05, 4.69) is 15.0 Å². The van der Waals surface area contributed by atoms with Crippen molar-refractivity contribution in [3.63, 3.8) is 0 Å². The van der Waals surface area contributed by atoms with Crippen molar-refractivity contribution in [2.75, 3.05) is 5.73 Å². The first kappa shape index (κ1) is 14.9. The first-order valence-electron chi connectivity index (χ1n) is 6.55. The van der Waals surface area contributed by atoms with Gasteiger partial charge in [-0.2, -0.15) is 0 Å². The zero-order valence-corrected chi connectivity index (χ0v) is 13.4. The Hall–Kier alpha value is -2.05. The topological polar surface area (TPSA) is 77.8 Å². The Bertz CT molecular complexity index is 785. The fourth-order valence-corrected chi connectivity index (χ4v) is 2.86. The molecule has 2 heterocycles. The number of hydrogen-bond acceptors (Lipinski definition) is 6. The van der Waals surface area contributed by atoms with Crippen LogP contribution in [0.1, 0.15) is 11.6 Å². The van der Waals surface area contributed by atoms with Gasteiger partial charge in [-0.1, -0.05) is 35.5 Å².